The van der Waals surface area contributed by atoms with Gasteiger partial charge in [-0.2, -0.15) is 0 Å². The van der Waals surface area contributed by atoms with Crippen LogP contribution in [0.5, 0.6) is 0 Å². The minimum Gasteiger partial charge on any atom is -0.432 e. The molecule has 234 valence electrons. The highest BCUT2D eigenvalue weighted by atomic mass is 17.3. The zero-order valence-electron chi connectivity index (χ0n) is 25.6. The van der Waals surface area contributed by atoms with Crippen LogP contribution in [-0.4, -0.2) is 47.3 Å². The van der Waals surface area contributed by atoms with Crippen molar-refractivity contribution in [3.63, 3.8) is 0 Å². The molecule has 8 saturated heterocycles. The smallest absolute Gasteiger partial charge is 0.314 e. The lowest BCUT2D eigenvalue weighted by Crippen LogP contribution is -2.74. The molecule has 14 atom stereocenters. The third-order valence-corrected chi connectivity index (χ3v) is 13.1. The summed E-state index contributed by atoms with van der Waals surface area (Å²) in [4.78, 5) is 53.3. The zero-order chi connectivity index (χ0) is 29.3. The number of ether oxygens (including phenoxy) is 4. The predicted molar refractivity (Wildman–Crippen MR) is 143 cm³/mol. The van der Waals surface area contributed by atoms with E-state index in [1.54, 1.807) is 0 Å². The van der Waals surface area contributed by atoms with Gasteiger partial charge in [-0.3, -0.25) is 9.59 Å². The van der Waals surface area contributed by atoms with Crippen molar-refractivity contribution in [1.82, 2.24) is 0 Å². The van der Waals surface area contributed by atoms with Crippen LogP contribution in [0.15, 0.2) is 0 Å². The molecule has 10 aliphatic rings. The first-order valence-corrected chi connectivity index (χ1v) is 16.5. The van der Waals surface area contributed by atoms with Gasteiger partial charge in [0.05, 0.1) is 11.3 Å². The third-order valence-electron chi connectivity index (χ3n) is 13.1. The molecule has 0 aromatic heterocycles. The maximum atomic E-state index is 14.4. The largest absolute Gasteiger partial charge is 0.432 e. The molecule has 42 heavy (non-hydrogen) atoms. The van der Waals surface area contributed by atoms with E-state index < -0.39 is 46.7 Å². The number of esters is 2. The summed E-state index contributed by atoms with van der Waals surface area (Å²) in [7, 11) is 0. The van der Waals surface area contributed by atoms with Crippen molar-refractivity contribution < 1.29 is 48.1 Å². The van der Waals surface area contributed by atoms with Crippen LogP contribution in [0, 0.1) is 46.8 Å². The summed E-state index contributed by atoms with van der Waals surface area (Å²) < 4.78 is 25.3. The quantitative estimate of drug-likeness (QED) is 0.315. The van der Waals surface area contributed by atoms with E-state index in [9.17, 15) is 9.59 Å². The lowest BCUT2D eigenvalue weighted by atomic mass is 9.49. The molecule has 4 bridgehead atoms. The zero-order valence-corrected chi connectivity index (χ0v) is 25.6. The Morgan fingerprint density at radius 2 is 1.31 bits per heavy atom. The van der Waals surface area contributed by atoms with Crippen molar-refractivity contribution in [2.24, 2.45) is 46.8 Å². The average molecular weight is 591 g/mol. The third kappa shape index (κ3) is 3.48. The molecule has 10 nitrogen and oxygen atoms in total. The Balaban J connectivity index is 1.22. The van der Waals surface area contributed by atoms with Gasteiger partial charge in [0.1, 0.15) is 0 Å². The van der Waals surface area contributed by atoms with Gasteiger partial charge in [0.25, 0.3) is 0 Å². The SMILES string of the molecule is CCC[C@]1(C[C@@H]2C(=O)O[C@@H]3O[C@@]4(C)CC[C@H]5[C@H](C)CC[C@@H]2[C@@]35OO4)C(=O)O[C@@H]2O[C@@]3(C)CC[C@H]4[C@H](C)CC[C@@H]1[C@@]24OO3. The summed E-state index contributed by atoms with van der Waals surface area (Å²) in [6.45, 7) is 10.3. The van der Waals surface area contributed by atoms with Crippen molar-refractivity contribution in [2.75, 3.05) is 0 Å². The Morgan fingerprint density at radius 3 is 1.98 bits per heavy atom. The van der Waals surface area contributed by atoms with Gasteiger partial charge in [-0.15, -0.1) is 0 Å². The fourth-order valence-electron chi connectivity index (χ4n) is 11.1. The van der Waals surface area contributed by atoms with Gasteiger partial charge in [0, 0.05) is 36.5 Å². The second-order valence-electron chi connectivity index (χ2n) is 15.3. The number of carbonyl (C=O) groups excluding carboxylic acids is 2. The summed E-state index contributed by atoms with van der Waals surface area (Å²) in [6.07, 6.45) is 6.53. The topological polar surface area (TPSA) is 108 Å². The first kappa shape index (κ1) is 28.2. The number of fused-ring (bicyclic) bond motifs is 4. The van der Waals surface area contributed by atoms with Gasteiger partial charge in [0.2, 0.25) is 24.2 Å². The van der Waals surface area contributed by atoms with E-state index in [1.165, 1.54) is 0 Å². The van der Waals surface area contributed by atoms with Gasteiger partial charge in [0.15, 0.2) is 11.2 Å². The van der Waals surface area contributed by atoms with Crippen LogP contribution in [0.2, 0.25) is 0 Å². The number of rotatable bonds is 4. The fourth-order valence-corrected chi connectivity index (χ4v) is 11.1. The van der Waals surface area contributed by atoms with Crippen LogP contribution in [-0.2, 0) is 48.1 Å². The van der Waals surface area contributed by atoms with Crippen LogP contribution in [0.1, 0.15) is 105 Å². The molecule has 0 aromatic rings. The minimum atomic E-state index is -0.963. The Hall–Kier alpha value is -1.30. The van der Waals surface area contributed by atoms with Crippen molar-refractivity contribution in [3.8, 4) is 0 Å². The molecule has 2 spiro atoms. The van der Waals surface area contributed by atoms with Crippen molar-refractivity contribution in [1.29, 1.82) is 0 Å². The summed E-state index contributed by atoms with van der Waals surface area (Å²) in [5.41, 5.74) is -2.78. The Morgan fingerprint density at radius 1 is 0.714 bits per heavy atom. The number of carbonyl (C=O) groups is 2. The van der Waals surface area contributed by atoms with E-state index in [4.69, 9.17) is 38.5 Å². The lowest BCUT2D eigenvalue weighted by Gasteiger charge is -2.63. The molecule has 0 amide bonds. The van der Waals surface area contributed by atoms with E-state index >= 15 is 0 Å². The first-order chi connectivity index (χ1) is 20.0. The van der Waals surface area contributed by atoms with Crippen LogP contribution in [0.25, 0.3) is 0 Å². The minimum absolute atomic E-state index is 0.110. The van der Waals surface area contributed by atoms with Crippen LogP contribution >= 0.6 is 0 Å². The van der Waals surface area contributed by atoms with Gasteiger partial charge < -0.3 is 18.9 Å². The van der Waals surface area contributed by atoms with E-state index in [0.29, 0.717) is 37.5 Å². The lowest BCUT2D eigenvalue weighted by molar-refractivity contribution is -0.564. The first-order valence-electron chi connectivity index (χ1n) is 16.5. The Labute approximate surface area is 247 Å². The van der Waals surface area contributed by atoms with E-state index in [-0.39, 0.29) is 35.6 Å². The standard InChI is InChI=1S/C32H46O10/c1-6-13-30(23-10-8-18(3)21-12-15-29(5)38-27(36-25(30)34)32(21,23)42-40-29)16-19-22-9-7-17(2)20-11-14-28(4)37-26(35-24(19)33)31(20,22)41-39-28/h17-23,26-27H,6-16H2,1-5H3/t17-,18-,19+,20+,21+,22+,23+,26-,27-,28-,29-,30-,31-,32-/m1/s1. The molecule has 2 aliphatic carbocycles. The molecule has 0 N–H and O–H groups in total. The van der Waals surface area contributed by atoms with E-state index in [0.717, 1.165) is 44.9 Å². The molecular weight excluding hydrogens is 544 g/mol. The number of hydrogen-bond donors (Lipinski definition) is 0. The fraction of sp³-hybridized carbons (Fsp3) is 0.938. The van der Waals surface area contributed by atoms with E-state index in [2.05, 4.69) is 20.8 Å². The second-order valence-corrected chi connectivity index (χ2v) is 15.3. The van der Waals surface area contributed by atoms with Crippen molar-refractivity contribution in [3.05, 3.63) is 0 Å². The second kappa shape index (κ2) is 9.13. The predicted octanol–water partition coefficient (Wildman–Crippen LogP) is 5.32. The maximum Gasteiger partial charge on any atom is 0.314 e. The van der Waals surface area contributed by atoms with Gasteiger partial charge >= 0.3 is 11.9 Å². The average Bonchev–Trinajstić information content (AvgIpc) is 3.32. The Kier molecular flexibility index (Phi) is 6.13. The van der Waals surface area contributed by atoms with Gasteiger partial charge in [-0.1, -0.05) is 27.2 Å². The molecule has 10 heteroatoms. The van der Waals surface area contributed by atoms with Crippen LogP contribution in [0.3, 0.4) is 0 Å². The number of hydrogen-bond acceptors (Lipinski definition) is 10. The molecule has 0 radical (unpaired) electrons. The van der Waals surface area contributed by atoms with Crippen molar-refractivity contribution in [2.45, 2.75) is 141 Å². The molecule has 2 saturated carbocycles. The summed E-state index contributed by atoms with van der Waals surface area (Å²) in [6, 6.07) is 0. The molecular formula is C32H46O10. The molecule has 8 heterocycles. The maximum absolute atomic E-state index is 14.4. The molecule has 0 unspecified atom stereocenters. The highest BCUT2D eigenvalue weighted by Gasteiger charge is 2.76. The molecule has 8 aliphatic heterocycles. The van der Waals surface area contributed by atoms with Crippen LogP contribution in [0.4, 0.5) is 0 Å². The van der Waals surface area contributed by atoms with Gasteiger partial charge in [-0.05, 0) is 77.0 Å². The van der Waals surface area contributed by atoms with Crippen LogP contribution < -0.4 is 0 Å². The van der Waals surface area contributed by atoms with Gasteiger partial charge in [-0.25, -0.2) is 19.6 Å². The highest BCUT2D eigenvalue weighted by molar-refractivity contribution is 5.81. The van der Waals surface area contributed by atoms with Crippen molar-refractivity contribution >= 4 is 11.9 Å². The summed E-state index contributed by atoms with van der Waals surface area (Å²) in [5, 5.41) is 0. The normalized spacial score (nSPS) is 57.8. The summed E-state index contributed by atoms with van der Waals surface area (Å²) in [5.74, 6) is -2.57. The summed E-state index contributed by atoms with van der Waals surface area (Å²) >= 11 is 0. The monoisotopic (exact) mass is 590 g/mol. The molecule has 10 rings (SSSR count). The molecule has 0 aromatic carbocycles. The molecule has 10 fully saturated rings. The highest BCUT2D eigenvalue weighted by Crippen LogP contribution is 2.67. The Bertz CT molecular complexity index is 1160. The van der Waals surface area contributed by atoms with E-state index in [1.807, 2.05) is 13.8 Å².